The van der Waals surface area contributed by atoms with Crippen LogP contribution in [0.25, 0.3) is 0 Å². The minimum Gasteiger partial charge on any atom is -0.368 e. The molecular weight excluding hydrogens is 326 g/mol. The Morgan fingerprint density at radius 2 is 1.62 bits per heavy atom. The van der Waals surface area contributed by atoms with Gasteiger partial charge in [-0.2, -0.15) is 0 Å². The second-order valence-electron chi connectivity index (χ2n) is 6.97. The van der Waals surface area contributed by atoms with Crippen LogP contribution in [-0.4, -0.2) is 60.0 Å². The summed E-state index contributed by atoms with van der Waals surface area (Å²) < 4.78 is 0. The largest absolute Gasteiger partial charge is 0.368 e. The van der Waals surface area contributed by atoms with E-state index in [1.54, 1.807) is 18.6 Å². The maximum Gasteiger partial charge on any atom is 0.225 e. The van der Waals surface area contributed by atoms with Gasteiger partial charge in [-0.05, 0) is 25.0 Å². The molecule has 1 aromatic carbocycles. The summed E-state index contributed by atoms with van der Waals surface area (Å²) in [6.45, 7) is 5.21. The summed E-state index contributed by atoms with van der Waals surface area (Å²) in [5, 5.41) is 0. The zero-order valence-electron chi connectivity index (χ0n) is 15.0. The van der Waals surface area contributed by atoms with Crippen molar-refractivity contribution in [3.05, 3.63) is 48.9 Å². The fraction of sp³-hybridized carbons (Fsp3) is 0.450. The standard InChI is InChI=1S/C20H25N5O/c26-20(17-6-10-24(11-7-17)19-16-21-8-9-22-19)25-14-12-23(13-15-25)18-4-2-1-3-5-18/h1-5,8-9,16-17H,6-7,10-15H2. The lowest BCUT2D eigenvalue weighted by Crippen LogP contribution is -2.51. The Morgan fingerprint density at radius 3 is 2.27 bits per heavy atom. The van der Waals surface area contributed by atoms with Gasteiger partial charge in [-0.1, -0.05) is 18.2 Å². The lowest BCUT2D eigenvalue weighted by atomic mass is 9.95. The predicted octanol–water partition coefficient (Wildman–Crippen LogP) is 2.04. The van der Waals surface area contributed by atoms with E-state index >= 15 is 0 Å². The number of carbonyl (C=O) groups is 1. The first kappa shape index (κ1) is 16.8. The average Bonchev–Trinajstić information content (AvgIpc) is 2.75. The second kappa shape index (κ2) is 7.72. The minimum atomic E-state index is 0.145. The fourth-order valence-corrected chi connectivity index (χ4v) is 3.89. The van der Waals surface area contributed by atoms with Crippen LogP contribution in [0.1, 0.15) is 12.8 Å². The van der Waals surface area contributed by atoms with Gasteiger partial charge < -0.3 is 14.7 Å². The monoisotopic (exact) mass is 351 g/mol. The normalized spacial score (nSPS) is 18.8. The van der Waals surface area contributed by atoms with Gasteiger partial charge in [-0.15, -0.1) is 0 Å². The van der Waals surface area contributed by atoms with Gasteiger partial charge in [-0.3, -0.25) is 9.78 Å². The minimum absolute atomic E-state index is 0.145. The van der Waals surface area contributed by atoms with Crippen LogP contribution in [-0.2, 0) is 4.79 Å². The highest BCUT2D eigenvalue weighted by Crippen LogP contribution is 2.24. The molecule has 0 unspecified atom stereocenters. The van der Waals surface area contributed by atoms with Crippen molar-refractivity contribution in [3.63, 3.8) is 0 Å². The van der Waals surface area contributed by atoms with Crippen molar-refractivity contribution < 1.29 is 4.79 Å². The zero-order chi connectivity index (χ0) is 17.8. The van der Waals surface area contributed by atoms with Crippen LogP contribution in [0, 0.1) is 5.92 Å². The number of rotatable bonds is 3. The molecule has 1 aromatic heterocycles. The van der Waals surface area contributed by atoms with Crippen molar-refractivity contribution in [3.8, 4) is 0 Å². The molecule has 2 saturated heterocycles. The van der Waals surface area contributed by atoms with Crippen molar-refractivity contribution in [1.29, 1.82) is 0 Å². The third-order valence-corrected chi connectivity index (χ3v) is 5.43. The van der Waals surface area contributed by atoms with Crippen LogP contribution in [0.4, 0.5) is 11.5 Å². The topological polar surface area (TPSA) is 52.6 Å². The summed E-state index contributed by atoms with van der Waals surface area (Å²) in [5.74, 6) is 1.39. The van der Waals surface area contributed by atoms with E-state index in [0.717, 1.165) is 57.9 Å². The van der Waals surface area contributed by atoms with Crippen LogP contribution in [0.15, 0.2) is 48.9 Å². The van der Waals surface area contributed by atoms with Crippen LogP contribution in [0.5, 0.6) is 0 Å². The van der Waals surface area contributed by atoms with Crippen LogP contribution in [0.2, 0.25) is 0 Å². The summed E-state index contributed by atoms with van der Waals surface area (Å²) >= 11 is 0. The molecule has 0 atom stereocenters. The van der Waals surface area contributed by atoms with E-state index in [0.29, 0.717) is 5.91 Å². The van der Waals surface area contributed by atoms with E-state index in [2.05, 4.69) is 48.9 Å². The lowest BCUT2D eigenvalue weighted by Gasteiger charge is -2.39. The number of piperazine rings is 1. The SMILES string of the molecule is O=C(C1CCN(c2cnccn2)CC1)N1CCN(c2ccccc2)CC1. The highest BCUT2D eigenvalue weighted by molar-refractivity contribution is 5.79. The molecule has 0 radical (unpaired) electrons. The Bertz CT molecular complexity index is 646. The van der Waals surface area contributed by atoms with Crippen molar-refractivity contribution in [2.24, 2.45) is 5.92 Å². The van der Waals surface area contributed by atoms with Crippen LogP contribution >= 0.6 is 0 Å². The number of para-hydroxylation sites is 1. The van der Waals surface area contributed by atoms with Gasteiger partial charge in [0.1, 0.15) is 5.82 Å². The number of anilines is 2. The van der Waals surface area contributed by atoms with Gasteiger partial charge in [0.15, 0.2) is 0 Å². The third-order valence-electron chi connectivity index (χ3n) is 5.43. The molecule has 136 valence electrons. The first-order chi connectivity index (χ1) is 12.8. The van der Waals surface area contributed by atoms with E-state index < -0.39 is 0 Å². The average molecular weight is 351 g/mol. The Kier molecular flexibility index (Phi) is 5.00. The van der Waals surface area contributed by atoms with E-state index in [1.807, 2.05) is 6.07 Å². The number of piperidine rings is 1. The number of aromatic nitrogens is 2. The molecule has 26 heavy (non-hydrogen) atoms. The third kappa shape index (κ3) is 3.64. The van der Waals surface area contributed by atoms with Crippen molar-refractivity contribution in [2.45, 2.75) is 12.8 Å². The van der Waals surface area contributed by atoms with E-state index in [4.69, 9.17) is 0 Å². The lowest BCUT2D eigenvalue weighted by molar-refractivity contribution is -0.136. The van der Waals surface area contributed by atoms with Crippen LogP contribution in [0.3, 0.4) is 0 Å². The molecule has 2 aromatic rings. The second-order valence-corrected chi connectivity index (χ2v) is 6.97. The molecule has 6 heteroatoms. The first-order valence-electron chi connectivity index (χ1n) is 9.41. The molecule has 4 rings (SSSR count). The molecule has 1 amide bonds. The Hall–Kier alpha value is -2.63. The van der Waals surface area contributed by atoms with Gasteiger partial charge in [-0.25, -0.2) is 4.98 Å². The summed E-state index contributed by atoms with van der Waals surface area (Å²) in [6.07, 6.45) is 7.00. The van der Waals surface area contributed by atoms with Gasteiger partial charge in [0, 0.05) is 63.3 Å². The summed E-state index contributed by atoms with van der Waals surface area (Å²) in [4.78, 5) is 28.0. The highest BCUT2D eigenvalue weighted by atomic mass is 16.2. The smallest absolute Gasteiger partial charge is 0.225 e. The highest BCUT2D eigenvalue weighted by Gasteiger charge is 2.30. The summed E-state index contributed by atoms with van der Waals surface area (Å²) in [5.41, 5.74) is 1.25. The van der Waals surface area contributed by atoms with Gasteiger partial charge in [0.05, 0.1) is 6.20 Å². The van der Waals surface area contributed by atoms with Crippen molar-refractivity contribution in [1.82, 2.24) is 14.9 Å². The fourth-order valence-electron chi connectivity index (χ4n) is 3.89. The zero-order valence-corrected chi connectivity index (χ0v) is 15.0. The molecule has 0 saturated carbocycles. The number of hydrogen-bond donors (Lipinski definition) is 0. The van der Waals surface area contributed by atoms with Gasteiger partial charge in [0.25, 0.3) is 0 Å². The van der Waals surface area contributed by atoms with Crippen LogP contribution < -0.4 is 9.80 Å². The molecule has 0 aliphatic carbocycles. The number of amides is 1. The van der Waals surface area contributed by atoms with E-state index in [-0.39, 0.29) is 5.92 Å². The molecule has 2 aliphatic heterocycles. The van der Waals surface area contributed by atoms with E-state index in [1.165, 1.54) is 5.69 Å². The quantitative estimate of drug-likeness (QED) is 0.847. The molecule has 2 fully saturated rings. The summed E-state index contributed by atoms with van der Waals surface area (Å²) in [7, 11) is 0. The molecule has 2 aliphatic rings. The van der Waals surface area contributed by atoms with Crippen molar-refractivity contribution in [2.75, 3.05) is 49.1 Å². The predicted molar refractivity (Wildman–Crippen MR) is 102 cm³/mol. The number of nitrogens with zero attached hydrogens (tertiary/aromatic N) is 5. The number of carbonyl (C=O) groups excluding carboxylic acids is 1. The molecule has 3 heterocycles. The Labute approximate surface area is 154 Å². The van der Waals surface area contributed by atoms with Gasteiger partial charge >= 0.3 is 0 Å². The number of hydrogen-bond acceptors (Lipinski definition) is 5. The number of benzene rings is 1. The first-order valence-corrected chi connectivity index (χ1v) is 9.41. The molecule has 0 bridgehead atoms. The molecular formula is C20H25N5O. The maximum absolute atomic E-state index is 12.9. The maximum atomic E-state index is 12.9. The molecule has 0 N–H and O–H groups in total. The van der Waals surface area contributed by atoms with E-state index in [9.17, 15) is 4.79 Å². The Balaban J connectivity index is 1.28. The Morgan fingerprint density at radius 1 is 0.885 bits per heavy atom. The van der Waals surface area contributed by atoms with Crippen molar-refractivity contribution >= 4 is 17.4 Å². The molecule has 6 nitrogen and oxygen atoms in total. The van der Waals surface area contributed by atoms with Gasteiger partial charge in [0.2, 0.25) is 5.91 Å². The summed E-state index contributed by atoms with van der Waals surface area (Å²) in [6, 6.07) is 10.4. The molecule has 0 spiro atoms.